The maximum atomic E-state index is 13.0. The molecular formula is C22H29N5O4. The lowest BCUT2D eigenvalue weighted by atomic mass is 9.91. The molecule has 31 heavy (non-hydrogen) atoms. The van der Waals surface area contributed by atoms with E-state index in [-0.39, 0.29) is 29.7 Å². The van der Waals surface area contributed by atoms with Crippen molar-refractivity contribution in [2.24, 2.45) is 11.8 Å². The number of nitrogens with zero attached hydrogens (tertiary/aromatic N) is 4. The van der Waals surface area contributed by atoms with Crippen molar-refractivity contribution in [3.05, 3.63) is 50.8 Å². The first-order valence-electron chi connectivity index (χ1n) is 10.4. The molecule has 2 atom stereocenters. The summed E-state index contributed by atoms with van der Waals surface area (Å²) in [5, 5.41) is 18.1. The summed E-state index contributed by atoms with van der Waals surface area (Å²) in [4.78, 5) is 38.2. The second kappa shape index (κ2) is 8.87. The average Bonchev–Trinajstić information content (AvgIpc) is 2.95. The van der Waals surface area contributed by atoms with Crippen molar-refractivity contribution in [3.8, 4) is 0 Å². The lowest BCUT2D eigenvalue weighted by Crippen LogP contribution is -2.42. The summed E-state index contributed by atoms with van der Waals surface area (Å²) in [5.74, 6) is 0.515. The molecule has 1 aliphatic rings. The summed E-state index contributed by atoms with van der Waals surface area (Å²) in [7, 11) is 0. The number of aryl methyl sites for hydroxylation is 2. The Hall–Kier alpha value is -3.23. The van der Waals surface area contributed by atoms with Gasteiger partial charge >= 0.3 is 5.69 Å². The highest BCUT2D eigenvalue weighted by atomic mass is 16.6. The average molecular weight is 428 g/mol. The Bertz CT molecular complexity index is 1020. The first-order chi connectivity index (χ1) is 14.6. The van der Waals surface area contributed by atoms with E-state index in [0.29, 0.717) is 28.8 Å². The van der Waals surface area contributed by atoms with Gasteiger partial charge in [0, 0.05) is 24.3 Å². The summed E-state index contributed by atoms with van der Waals surface area (Å²) in [6, 6.07) is 5.29. The molecule has 1 aliphatic heterocycles. The van der Waals surface area contributed by atoms with E-state index in [1.165, 1.54) is 4.68 Å². The number of hydrogen-bond acceptors (Lipinski definition) is 5. The molecule has 2 heterocycles. The standard InChI is InChI=1S/C22H29N5O4/c1-13-8-14(2)11-25(10-13)22(29)18-7-6-15(3)19(9-18)23-20(28)12-26-17(5)21(27(30)31)16(4)24-26/h6-7,9,13-14H,8,10-12H2,1-5H3,(H,23,28). The molecule has 1 fully saturated rings. The van der Waals surface area contributed by atoms with Gasteiger partial charge in [0.1, 0.15) is 17.9 Å². The van der Waals surface area contributed by atoms with Crippen LogP contribution >= 0.6 is 0 Å². The Morgan fingerprint density at radius 2 is 1.84 bits per heavy atom. The monoisotopic (exact) mass is 427 g/mol. The molecule has 1 aromatic carbocycles. The molecule has 0 saturated carbocycles. The quantitative estimate of drug-likeness (QED) is 0.580. The fraction of sp³-hybridized carbons (Fsp3) is 0.500. The number of aromatic nitrogens is 2. The molecule has 1 N–H and O–H groups in total. The van der Waals surface area contributed by atoms with Crippen LogP contribution in [0, 0.1) is 42.7 Å². The molecule has 2 unspecified atom stereocenters. The molecule has 2 amide bonds. The largest absolute Gasteiger partial charge is 0.338 e. The van der Waals surface area contributed by atoms with Crippen LogP contribution in [0.5, 0.6) is 0 Å². The van der Waals surface area contributed by atoms with Gasteiger partial charge in [0.05, 0.1) is 4.92 Å². The zero-order chi connectivity index (χ0) is 22.9. The summed E-state index contributed by atoms with van der Waals surface area (Å²) in [5.41, 5.74) is 2.41. The Labute approximate surface area is 181 Å². The van der Waals surface area contributed by atoms with Crippen molar-refractivity contribution in [3.63, 3.8) is 0 Å². The first-order valence-corrected chi connectivity index (χ1v) is 10.4. The Balaban J connectivity index is 1.75. The lowest BCUT2D eigenvalue weighted by molar-refractivity contribution is -0.386. The van der Waals surface area contributed by atoms with Gasteiger partial charge in [-0.15, -0.1) is 0 Å². The number of nitrogens with one attached hydrogen (secondary N) is 1. The molecule has 166 valence electrons. The van der Waals surface area contributed by atoms with Gasteiger partial charge in [-0.05, 0) is 56.7 Å². The van der Waals surface area contributed by atoms with Crippen LogP contribution in [0.4, 0.5) is 11.4 Å². The van der Waals surface area contributed by atoms with E-state index in [1.807, 2.05) is 17.9 Å². The zero-order valence-electron chi connectivity index (χ0n) is 18.6. The van der Waals surface area contributed by atoms with Crippen molar-refractivity contribution in [1.82, 2.24) is 14.7 Å². The van der Waals surface area contributed by atoms with E-state index in [9.17, 15) is 19.7 Å². The first kappa shape index (κ1) is 22.5. The summed E-state index contributed by atoms with van der Waals surface area (Å²) in [6.45, 7) is 10.6. The highest BCUT2D eigenvalue weighted by Gasteiger charge is 2.27. The van der Waals surface area contributed by atoms with Gasteiger partial charge in [0.2, 0.25) is 5.91 Å². The third kappa shape index (κ3) is 4.92. The van der Waals surface area contributed by atoms with E-state index in [1.54, 1.807) is 26.0 Å². The number of amides is 2. The maximum absolute atomic E-state index is 13.0. The molecule has 0 radical (unpaired) electrons. The molecule has 1 aromatic heterocycles. The van der Waals surface area contributed by atoms with E-state index in [0.717, 1.165) is 25.1 Å². The van der Waals surface area contributed by atoms with Gasteiger partial charge in [-0.1, -0.05) is 19.9 Å². The van der Waals surface area contributed by atoms with E-state index < -0.39 is 4.92 Å². The number of benzene rings is 1. The van der Waals surface area contributed by atoms with Crippen LogP contribution in [0.2, 0.25) is 0 Å². The molecule has 1 saturated heterocycles. The SMILES string of the molecule is Cc1ccc(C(=O)N2CC(C)CC(C)C2)cc1NC(=O)Cn1nc(C)c([N+](=O)[O-])c1C. The Kier molecular flexibility index (Phi) is 6.42. The summed E-state index contributed by atoms with van der Waals surface area (Å²) < 4.78 is 1.32. The van der Waals surface area contributed by atoms with Gasteiger partial charge in [-0.2, -0.15) is 5.10 Å². The molecule has 9 heteroatoms. The number of carbonyl (C=O) groups excluding carboxylic acids is 2. The van der Waals surface area contributed by atoms with Crippen molar-refractivity contribution < 1.29 is 14.5 Å². The van der Waals surface area contributed by atoms with E-state index in [2.05, 4.69) is 24.3 Å². The minimum atomic E-state index is -0.492. The van der Waals surface area contributed by atoms with E-state index in [4.69, 9.17) is 0 Å². The Morgan fingerprint density at radius 3 is 2.42 bits per heavy atom. The van der Waals surface area contributed by atoms with Crippen molar-refractivity contribution in [2.75, 3.05) is 18.4 Å². The van der Waals surface area contributed by atoms with Gasteiger partial charge in [0.15, 0.2) is 0 Å². The second-order valence-electron chi connectivity index (χ2n) is 8.67. The highest BCUT2D eigenvalue weighted by molar-refractivity contribution is 5.97. The number of carbonyl (C=O) groups is 2. The molecule has 0 spiro atoms. The fourth-order valence-electron chi connectivity index (χ4n) is 4.33. The number of likely N-dealkylation sites (tertiary alicyclic amines) is 1. The van der Waals surface area contributed by atoms with Gasteiger partial charge in [0.25, 0.3) is 5.91 Å². The maximum Gasteiger partial charge on any atom is 0.312 e. The predicted octanol–water partition coefficient (Wildman–Crippen LogP) is 3.47. The minimum absolute atomic E-state index is 0.0388. The molecule has 3 rings (SSSR count). The summed E-state index contributed by atoms with van der Waals surface area (Å²) >= 11 is 0. The summed E-state index contributed by atoms with van der Waals surface area (Å²) in [6.07, 6.45) is 1.11. The van der Waals surface area contributed by atoms with Gasteiger partial charge in [-0.3, -0.25) is 24.4 Å². The molecule has 0 aliphatic carbocycles. The topological polar surface area (TPSA) is 110 Å². The van der Waals surface area contributed by atoms with Crippen molar-refractivity contribution in [1.29, 1.82) is 0 Å². The van der Waals surface area contributed by atoms with Crippen LogP contribution in [0.15, 0.2) is 18.2 Å². The van der Waals surface area contributed by atoms with Crippen LogP contribution in [0.3, 0.4) is 0 Å². The van der Waals surface area contributed by atoms with Crippen LogP contribution < -0.4 is 5.32 Å². The van der Waals surface area contributed by atoms with Crippen molar-refractivity contribution >= 4 is 23.2 Å². The molecular weight excluding hydrogens is 398 g/mol. The van der Waals surface area contributed by atoms with E-state index >= 15 is 0 Å². The number of hydrogen-bond donors (Lipinski definition) is 1. The minimum Gasteiger partial charge on any atom is -0.338 e. The second-order valence-corrected chi connectivity index (χ2v) is 8.67. The third-order valence-corrected chi connectivity index (χ3v) is 5.73. The third-order valence-electron chi connectivity index (χ3n) is 5.73. The molecule has 9 nitrogen and oxygen atoms in total. The van der Waals surface area contributed by atoms with Crippen LogP contribution in [-0.2, 0) is 11.3 Å². The normalized spacial score (nSPS) is 18.7. The van der Waals surface area contributed by atoms with Crippen LogP contribution in [-0.4, -0.2) is 44.5 Å². The van der Waals surface area contributed by atoms with Gasteiger partial charge < -0.3 is 10.2 Å². The number of piperidine rings is 1. The van der Waals surface area contributed by atoms with Crippen LogP contribution in [0.1, 0.15) is 47.6 Å². The number of nitro groups is 1. The van der Waals surface area contributed by atoms with Crippen molar-refractivity contribution in [2.45, 2.75) is 47.6 Å². The number of anilines is 1. The van der Waals surface area contributed by atoms with Crippen LogP contribution in [0.25, 0.3) is 0 Å². The van der Waals surface area contributed by atoms with Gasteiger partial charge in [-0.25, -0.2) is 0 Å². The smallest absolute Gasteiger partial charge is 0.312 e. The predicted molar refractivity (Wildman–Crippen MR) is 117 cm³/mol. The zero-order valence-corrected chi connectivity index (χ0v) is 18.6. The Morgan fingerprint density at radius 1 is 1.19 bits per heavy atom. The molecule has 2 aromatic rings. The number of rotatable bonds is 5. The fourth-order valence-corrected chi connectivity index (χ4v) is 4.33. The lowest BCUT2D eigenvalue weighted by Gasteiger charge is -2.35. The molecule has 0 bridgehead atoms. The highest BCUT2D eigenvalue weighted by Crippen LogP contribution is 2.25.